The summed E-state index contributed by atoms with van der Waals surface area (Å²) in [4.78, 5) is 20.5. The van der Waals surface area contributed by atoms with E-state index in [-0.39, 0.29) is 11.6 Å². The molecule has 106 valence electrons. The zero-order valence-electron chi connectivity index (χ0n) is 11.7. The number of nitrogens with zero attached hydrogens (tertiary/aromatic N) is 2. The van der Waals surface area contributed by atoms with Crippen LogP contribution in [0.4, 0.5) is 0 Å². The van der Waals surface area contributed by atoms with E-state index in [1.54, 1.807) is 23.5 Å². The van der Waals surface area contributed by atoms with Gasteiger partial charge in [-0.25, -0.2) is 9.78 Å². The maximum absolute atomic E-state index is 10.7. The first kappa shape index (κ1) is 14.6. The van der Waals surface area contributed by atoms with E-state index in [2.05, 4.69) is 22.2 Å². The van der Waals surface area contributed by atoms with Crippen molar-refractivity contribution in [2.24, 2.45) is 0 Å². The second-order valence-electron chi connectivity index (χ2n) is 4.63. The number of hydrogen-bond donors (Lipinski definition) is 2. The highest BCUT2D eigenvalue weighted by atomic mass is 32.1. The number of aryl methyl sites for hydroxylation is 2. The lowest BCUT2D eigenvalue weighted by atomic mass is 10.2. The second-order valence-corrected chi connectivity index (χ2v) is 5.86. The Hall–Kier alpha value is -1.79. The fraction of sp³-hybridized carbons (Fsp3) is 0.357. The van der Waals surface area contributed by atoms with Gasteiger partial charge in [0.2, 0.25) is 0 Å². The summed E-state index contributed by atoms with van der Waals surface area (Å²) in [5, 5.41) is 13.3. The highest BCUT2D eigenvalue weighted by Crippen LogP contribution is 2.24. The molecule has 0 fully saturated rings. The smallest absolute Gasteiger partial charge is 0.337 e. The predicted molar refractivity (Wildman–Crippen MR) is 78.0 cm³/mol. The van der Waals surface area contributed by atoms with Crippen molar-refractivity contribution in [1.29, 1.82) is 0 Å². The molecule has 1 atom stereocenters. The molecule has 2 N–H and O–H groups in total. The molecular weight excluding hydrogens is 274 g/mol. The first-order valence-electron chi connectivity index (χ1n) is 6.33. The lowest BCUT2D eigenvalue weighted by molar-refractivity contribution is 0.0696. The van der Waals surface area contributed by atoms with Gasteiger partial charge in [0.1, 0.15) is 0 Å². The average Bonchev–Trinajstić information content (AvgIpc) is 2.75. The average molecular weight is 291 g/mol. The van der Waals surface area contributed by atoms with Crippen molar-refractivity contribution >= 4 is 17.3 Å². The summed E-state index contributed by atoms with van der Waals surface area (Å²) in [6, 6.07) is 3.50. The van der Waals surface area contributed by atoms with Crippen molar-refractivity contribution < 1.29 is 9.90 Å². The SMILES string of the molecule is Cc1nc(C)c(C(C)NCc2ccc(C(=O)O)cn2)s1. The number of aromatic carboxylic acids is 1. The molecule has 0 radical (unpaired) electrons. The van der Waals surface area contributed by atoms with Gasteiger partial charge >= 0.3 is 5.97 Å². The first-order chi connectivity index (χ1) is 9.47. The molecule has 0 aliphatic rings. The highest BCUT2D eigenvalue weighted by molar-refractivity contribution is 7.11. The number of thiazole rings is 1. The topological polar surface area (TPSA) is 75.1 Å². The lowest BCUT2D eigenvalue weighted by Crippen LogP contribution is -2.18. The summed E-state index contributed by atoms with van der Waals surface area (Å²) in [7, 11) is 0. The second kappa shape index (κ2) is 6.11. The molecule has 0 saturated heterocycles. The van der Waals surface area contributed by atoms with Crippen molar-refractivity contribution in [3.63, 3.8) is 0 Å². The molecule has 2 aromatic heterocycles. The van der Waals surface area contributed by atoms with Gasteiger partial charge in [0, 0.05) is 23.7 Å². The van der Waals surface area contributed by atoms with Gasteiger partial charge in [-0.05, 0) is 32.9 Å². The van der Waals surface area contributed by atoms with Gasteiger partial charge in [-0.2, -0.15) is 0 Å². The van der Waals surface area contributed by atoms with Crippen LogP contribution in [-0.4, -0.2) is 21.0 Å². The molecule has 1 unspecified atom stereocenters. The molecule has 2 rings (SSSR count). The maximum Gasteiger partial charge on any atom is 0.337 e. The molecule has 6 heteroatoms. The Labute approximate surface area is 121 Å². The number of carboxylic acid groups (broad SMARTS) is 1. The van der Waals surface area contributed by atoms with Crippen LogP contribution in [0.2, 0.25) is 0 Å². The Kier molecular flexibility index (Phi) is 4.46. The predicted octanol–water partition coefficient (Wildman–Crippen LogP) is 2.70. The van der Waals surface area contributed by atoms with Crippen molar-refractivity contribution in [1.82, 2.24) is 15.3 Å². The number of pyridine rings is 1. The first-order valence-corrected chi connectivity index (χ1v) is 7.14. The molecule has 0 amide bonds. The molecule has 0 saturated carbocycles. The van der Waals surface area contributed by atoms with Crippen LogP contribution in [0.25, 0.3) is 0 Å². The number of nitrogens with one attached hydrogen (secondary N) is 1. The van der Waals surface area contributed by atoms with Gasteiger partial charge in [0.25, 0.3) is 0 Å². The van der Waals surface area contributed by atoms with Crippen LogP contribution in [0.5, 0.6) is 0 Å². The van der Waals surface area contributed by atoms with Gasteiger partial charge < -0.3 is 10.4 Å². The summed E-state index contributed by atoms with van der Waals surface area (Å²) in [5.41, 5.74) is 2.08. The zero-order chi connectivity index (χ0) is 14.7. The zero-order valence-corrected chi connectivity index (χ0v) is 12.5. The molecule has 5 nitrogen and oxygen atoms in total. The maximum atomic E-state index is 10.7. The normalized spacial score (nSPS) is 12.3. The standard InChI is InChI=1S/C14H17N3O2S/c1-8(13-9(2)17-10(3)20-13)15-7-12-5-4-11(6-16-12)14(18)19/h4-6,8,15H,7H2,1-3H3,(H,18,19). The molecule has 20 heavy (non-hydrogen) atoms. The van der Waals surface area contributed by atoms with E-state index in [0.29, 0.717) is 6.54 Å². The summed E-state index contributed by atoms with van der Waals surface area (Å²) in [5.74, 6) is -0.957. The van der Waals surface area contributed by atoms with Crippen LogP contribution in [0.1, 0.15) is 44.6 Å². The van der Waals surface area contributed by atoms with Crippen LogP contribution in [-0.2, 0) is 6.54 Å². The minimum atomic E-state index is -0.957. The monoisotopic (exact) mass is 291 g/mol. The minimum Gasteiger partial charge on any atom is -0.478 e. The summed E-state index contributed by atoms with van der Waals surface area (Å²) in [6.07, 6.45) is 1.38. The van der Waals surface area contributed by atoms with Crippen LogP contribution < -0.4 is 5.32 Å². The largest absolute Gasteiger partial charge is 0.478 e. The number of aromatic nitrogens is 2. The molecule has 0 aromatic carbocycles. The van der Waals surface area contributed by atoms with E-state index >= 15 is 0 Å². The fourth-order valence-corrected chi connectivity index (χ4v) is 2.91. The van der Waals surface area contributed by atoms with Gasteiger partial charge in [-0.15, -0.1) is 11.3 Å². The van der Waals surface area contributed by atoms with Crippen LogP contribution in [0, 0.1) is 13.8 Å². The Balaban J connectivity index is 1.98. The molecule has 0 aliphatic carbocycles. The third-order valence-electron chi connectivity index (χ3n) is 2.99. The fourth-order valence-electron chi connectivity index (χ4n) is 1.95. The molecular formula is C14H17N3O2S. The molecule has 0 aliphatic heterocycles. The number of carbonyl (C=O) groups is 1. The highest BCUT2D eigenvalue weighted by Gasteiger charge is 2.12. The third-order valence-corrected chi connectivity index (χ3v) is 4.25. The van der Waals surface area contributed by atoms with E-state index in [4.69, 9.17) is 5.11 Å². The lowest BCUT2D eigenvalue weighted by Gasteiger charge is -2.12. The van der Waals surface area contributed by atoms with E-state index in [0.717, 1.165) is 16.4 Å². The summed E-state index contributed by atoms with van der Waals surface area (Å²) >= 11 is 1.69. The summed E-state index contributed by atoms with van der Waals surface area (Å²) in [6.45, 7) is 6.69. The minimum absolute atomic E-state index is 0.196. The molecule has 0 bridgehead atoms. The third kappa shape index (κ3) is 3.40. The Morgan fingerprint density at radius 2 is 2.20 bits per heavy atom. The molecule has 2 aromatic rings. The Bertz CT molecular complexity index is 607. The quantitative estimate of drug-likeness (QED) is 0.886. The van der Waals surface area contributed by atoms with Crippen LogP contribution in [0.3, 0.4) is 0 Å². The molecule has 0 spiro atoms. The van der Waals surface area contributed by atoms with E-state index in [1.165, 1.54) is 11.1 Å². The van der Waals surface area contributed by atoms with E-state index in [1.807, 2.05) is 13.8 Å². The van der Waals surface area contributed by atoms with Crippen molar-refractivity contribution in [3.05, 3.63) is 45.2 Å². The Morgan fingerprint density at radius 3 is 2.70 bits per heavy atom. The van der Waals surface area contributed by atoms with Gasteiger partial charge in [0.05, 0.1) is 22.0 Å². The van der Waals surface area contributed by atoms with Crippen molar-refractivity contribution in [2.45, 2.75) is 33.4 Å². The van der Waals surface area contributed by atoms with Crippen LogP contribution in [0.15, 0.2) is 18.3 Å². The van der Waals surface area contributed by atoms with Gasteiger partial charge in [0.15, 0.2) is 0 Å². The van der Waals surface area contributed by atoms with Gasteiger partial charge in [-0.1, -0.05) is 0 Å². The summed E-state index contributed by atoms with van der Waals surface area (Å²) < 4.78 is 0. The van der Waals surface area contributed by atoms with Gasteiger partial charge in [-0.3, -0.25) is 4.98 Å². The van der Waals surface area contributed by atoms with Crippen molar-refractivity contribution in [2.75, 3.05) is 0 Å². The Morgan fingerprint density at radius 1 is 1.45 bits per heavy atom. The molecule has 2 heterocycles. The van der Waals surface area contributed by atoms with Crippen molar-refractivity contribution in [3.8, 4) is 0 Å². The van der Waals surface area contributed by atoms with Crippen LogP contribution >= 0.6 is 11.3 Å². The number of hydrogen-bond acceptors (Lipinski definition) is 5. The van der Waals surface area contributed by atoms with E-state index in [9.17, 15) is 4.79 Å². The number of carboxylic acids is 1. The number of rotatable bonds is 5. The van der Waals surface area contributed by atoms with E-state index < -0.39 is 5.97 Å².